The lowest BCUT2D eigenvalue weighted by molar-refractivity contribution is -0.274. The molecule has 3 nitrogen and oxygen atoms in total. The normalized spacial score (nSPS) is 32.7. The summed E-state index contributed by atoms with van der Waals surface area (Å²) in [6.45, 7) is 0. The summed E-state index contributed by atoms with van der Waals surface area (Å²) in [5.74, 6) is -1.70. The summed E-state index contributed by atoms with van der Waals surface area (Å²) in [5.41, 5.74) is -2.69. The molecule has 0 amide bonds. The number of alkyl halides is 3. The van der Waals surface area contributed by atoms with Crippen LogP contribution in [0.3, 0.4) is 0 Å². The highest BCUT2D eigenvalue weighted by Gasteiger charge is 2.55. The van der Waals surface area contributed by atoms with Crippen LogP contribution in [0.2, 0.25) is 0 Å². The first-order chi connectivity index (χ1) is 6.74. The van der Waals surface area contributed by atoms with E-state index in [4.69, 9.17) is 5.11 Å². The zero-order valence-corrected chi connectivity index (χ0v) is 8.05. The molecule has 1 aliphatic carbocycles. The molecule has 0 heterocycles. The van der Waals surface area contributed by atoms with Crippen molar-refractivity contribution < 1.29 is 28.2 Å². The topological polar surface area (TPSA) is 57.5 Å². The highest BCUT2D eigenvalue weighted by atomic mass is 19.4. The molecule has 0 bridgehead atoms. The van der Waals surface area contributed by atoms with Gasteiger partial charge in [-0.05, 0) is 31.6 Å². The molecule has 88 valence electrons. The smallest absolute Gasteiger partial charge is 0.417 e. The van der Waals surface area contributed by atoms with Crippen LogP contribution >= 0.6 is 0 Å². The molecule has 1 fully saturated rings. The SMILES string of the molecule is O=C(O)CC1CCCC(O)(C(F)(F)F)C1. The van der Waals surface area contributed by atoms with Crippen LogP contribution in [0.1, 0.15) is 32.1 Å². The Morgan fingerprint density at radius 2 is 2.07 bits per heavy atom. The maximum Gasteiger partial charge on any atom is 0.417 e. The molecule has 0 aromatic carbocycles. The third-order valence-corrected chi connectivity index (χ3v) is 2.82. The maximum atomic E-state index is 12.4. The van der Waals surface area contributed by atoms with Crippen LogP contribution in [-0.2, 0) is 4.79 Å². The Hall–Kier alpha value is -0.780. The molecule has 0 saturated heterocycles. The lowest BCUT2D eigenvalue weighted by Gasteiger charge is -2.37. The number of aliphatic hydroxyl groups is 1. The molecule has 6 heteroatoms. The number of aliphatic carboxylic acids is 1. The van der Waals surface area contributed by atoms with Crippen molar-refractivity contribution in [3.63, 3.8) is 0 Å². The molecule has 2 N–H and O–H groups in total. The Labute approximate surface area is 84.9 Å². The summed E-state index contributed by atoms with van der Waals surface area (Å²) in [5, 5.41) is 17.8. The molecule has 1 saturated carbocycles. The molecule has 0 aromatic rings. The van der Waals surface area contributed by atoms with E-state index in [9.17, 15) is 23.1 Å². The van der Waals surface area contributed by atoms with E-state index in [1.165, 1.54) is 0 Å². The second kappa shape index (κ2) is 4.00. The fourth-order valence-corrected chi connectivity index (χ4v) is 2.04. The van der Waals surface area contributed by atoms with Gasteiger partial charge in [-0.25, -0.2) is 0 Å². The minimum Gasteiger partial charge on any atom is -0.481 e. The standard InChI is InChI=1S/C9H13F3O3/c10-9(11,12)8(15)3-1-2-6(5-8)4-7(13)14/h6,15H,1-5H2,(H,13,14). The number of carboxylic acids is 1. The van der Waals surface area contributed by atoms with Gasteiger partial charge in [0.15, 0.2) is 5.60 Å². The average molecular weight is 226 g/mol. The van der Waals surface area contributed by atoms with E-state index in [0.717, 1.165) is 0 Å². The van der Waals surface area contributed by atoms with Gasteiger partial charge in [0, 0.05) is 6.42 Å². The quantitative estimate of drug-likeness (QED) is 0.756. The minimum absolute atomic E-state index is 0.216. The summed E-state index contributed by atoms with van der Waals surface area (Å²) < 4.78 is 37.3. The maximum absolute atomic E-state index is 12.4. The Balaban J connectivity index is 2.67. The predicted octanol–water partition coefficient (Wildman–Crippen LogP) is 1.94. The van der Waals surface area contributed by atoms with Crippen LogP contribution < -0.4 is 0 Å². The van der Waals surface area contributed by atoms with Crippen LogP contribution in [0.5, 0.6) is 0 Å². The van der Waals surface area contributed by atoms with E-state index >= 15 is 0 Å². The van der Waals surface area contributed by atoms with Crippen LogP contribution in [0.15, 0.2) is 0 Å². The molecule has 0 radical (unpaired) electrons. The Kier molecular flexibility index (Phi) is 3.28. The van der Waals surface area contributed by atoms with E-state index in [1.54, 1.807) is 0 Å². The van der Waals surface area contributed by atoms with E-state index in [-0.39, 0.29) is 19.3 Å². The molecule has 0 spiro atoms. The molecule has 2 atom stereocenters. The first-order valence-corrected chi connectivity index (χ1v) is 4.75. The molecule has 2 unspecified atom stereocenters. The minimum atomic E-state index is -4.66. The Morgan fingerprint density at radius 3 is 2.53 bits per heavy atom. The zero-order valence-electron chi connectivity index (χ0n) is 8.05. The summed E-state index contributed by atoms with van der Waals surface area (Å²) in [4.78, 5) is 10.4. The van der Waals surface area contributed by atoms with Crippen molar-refractivity contribution in [3.05, 3.63) is 0 Å². The van der Waals surface area contributed by atoms with Crippen molar-refractivity contribution in [1.29, 1.82) is 0 Å². The van der Waals surface area contributed by atoms with Crippen LogP contribution in [0.4, 0.5) is 13.2 Å². The molecule has 0 aliphatic heterocycles. The van der Waals surface area contributed by atoms with E-state index in [0.29, 0.717) is 6.42 Å². The number of halogens is 3. The van der Waals surface area contributed by atoms with Gasteiger partial charge >= 0.3 is 12.1 Å². The fourth-order valence-electron chi connectivity index (χ4n) is 2.04. The van der Waals surface area contributed by atoms with Gasteiger partial charge in [0.1, 0.15) is 0 Å². The van der Waals surface area contributed by atoms with Gasteiger partial charge in [-0.2, -0.15) is 13.2 Å². The van der Waals surface area contributed by atoms with E-state index in [2.05, 4.69) is 0 Å². The van der Waals surface area contributed by atoms with Gasteiger partial charge in [0.25, 0.3) is 0 Å². The second-order valence-electron chi connectivity index (χ2n) is 4.09. The van der Waals surface area contributed by atoms with Crippen molar-refractivity contribution >= 4 is 5.97 Å². The fraction of sp³-hybridized carbons (Fsp3) is 0.889. The van der Waals surface area contributed by atoms with Crippen molar-refractivity contribution in [2.24, 2.45) is 5.92 Å². The van der Waals surface area contributed by atoms with Crippen LogP contribution in [0.25, 0.3) is 0 Å². The molecular weight excluding hydrogens is 213 g/mol. The average Bonchev–Trinajstić information content (AvgIpc) is 2.00. The van der Waals surface area contributed by atoms with Gasteiger partial charge in [-0.1, -0.05) is 0 Å². The summed E-state index contributed by atoms with van der Waals surface area (Å²) in [7, 11) is 0. The Morgan fingerprint density at radius 1 is 1.47 bits per heavy atom. The number of hydrogen-bond acceptors (Lipinski definition) is 2. The monoisotopic (exact) mass is 226 g/mol. The first-order valence-electron chi connectivity index (χ1n) is 4.75. The summed E-state index contributed by atoms with van der Waals surface area (Å²) in [6, 6.07) is 0. The van der Waals surface area contributed by atoms with Crippen molar-refractivity contribution in [2.75, 3.05) is 0 Å². The van der Waals surface area contributed by atoms with Crippen molar-refractivity contribution in [2.45, 2.75) is 43.9 Å². The van der Waals surface area contributed by atoms with Crippen LogP contribution in [0, 0.1) is 5.92 Å². The molecule has 15 heavy (non-hydrogen) atoms. The van der Waals surface area contributed by atoms with Gasteiger partial charge in [0.05, 0.1) is 0 Å². The third kappa shape index (κ3) is 2.84. The van der Waals surface area contributed by atoms with Gasteiger partial charge in [-0.3, -0.25) is 4.79 Å². The predicted molar refractivity (Wildman–Crippen MR) is 45.2 cm³/mol. The number of carboxylic acid groups (broad SMARTS) is 1. The number of rotatable bonds is 2. The molecule has 0 aromatic heterocycles. The lowest BCUT2D eigenvalue weighted by atomic mass is 9.76. The van der Waals surface area contributed by atoms with Gasteiger partial charge in [-0.15, -0.1) is 0 Å². The molecule has 1 rings (SSSR count). The molecular formula is C9H13F3O3. The van der Waals surface area contributed by atoms with E-state index < -0.39 is 30.1 Å². The largest absolute Gasteiger partial charge is 0.481 e. The van der Waals surface area contributed by atoms with Gasteiger partial charge in [0.2, 0.25) is 0 Å². The van der Waals surface area contributed by atoms with Crippen molar-refractivity contribution in [3.8, 4) is 0 Å². The zero-order chi connectivity index (χ0) is 11.7. The van der Waals surface area contributed by atoms with Crippen LogP contribution in [-0.4, -0.2) is 28.0 Å². The van der Waals surface area contributed by atoms with Crippen molar-refractivity contribution in [1.82, 2.24) is 0 Å². The van der Waals surface area contributed by atoms with E-state index in [1.807, 2.05) is 0 Å². The number of carbonyl (C=O) groups is 1. The highest BCUT2D eigenvalue weighted by Crippen LogP contribution is 2.44. The number of hydrogen-bond donors (Lipinski definition) is 2. The first kappa shape index (κ1) is 12.3. The highest BCUT2D eigenvalue weighted by molar-refractivity contribution is 5.67. The second-order valence-corrected chi connectivity index (χ2v) is 4.09. The molecule has 1 aliphatic rings. The summed E-state index contributed by atoms with van der Waals surface area (Å²) >= 11 is 0. The third-order valence-electron chi connectivity index (χ3n) is 2.82. The summed E-state index contributed by atoms with van der Waals surface area (Å²) in [6.07, 6.45) is -5.14. The lowest BCUT2D eigenvalue weighted by Crippen LogP contribution is -2.48. The Bertz CT molecular complexity index is 251. The van der Waals surface area contributed by atoms with Gasteiger partial charge < -0.3 is 10.2 Å².